The van der Waals surface area contributed by atoms with Gasteiger partial charge in [-0.1, -0.05) is 18.2 Å². The Kier molecular flexibility index (Phi) is 7.52. The molecule has 1 aromatic heterocycles. The molecule has 0 aliphatic rings. The standard InChI is InChI=1S/C21H20F2N4O4/c22-21(23)31-18-8-6-15(7-9-18)25-20(29)14-27-13-16(12-24-27)26-19(28)10-11-30-17-4-2-1-3-5-17/h1-9,12-13,21H,10-11,14H2,(H,25,29)(H,26,28). The second-order valence-corrected chi connectivity index (χ2v) is 6.34. The summed E-state index contributed by atoms with van der Waals surface area (Å²) in [5.74, 6) is 0.0609. The molecule has 0 unspecified atom stereocenters. The lowest BCUT2D eigenvalue weighted by atomic mass is 10.3. The van der Waals surface area contributed by atoms with E-state index in [1.54, 1.807) is 12.1 Å². The first-order chi connectivity index (χ1) is 15.0. The van der Waals surface area contributed by atoms with E-state index in [1.807, 2.05) is 18.2 Å². The molecule has 0 radical (unpaired) electrons. The fourth-order valence-electron chi connectivity index (χ4n) is 2.58. The zero-order chi connectivity index (χ0) is 22.1. The molecule has 31 heavy (non-hydrogen) atoms. The predicted octanol–water partition coefficient (Wildman–Crippen LogP) is 3.53. The van der Waals surface area contributed by atoms with Crippen molar-refractivity contribution in [3.05, 3.63) is 67.0 Å². The van der Waals surface area contributed by atoms with Gasteiger partial charge in [0.1, 0.15) is 18.0 Å². The fourth-order valence-corrected chi connectivity index (χ4v) is 2.58. The Morgan fingerprint density at radius 2 is 1.65 bits per heavy atom. The lowest BCUT2D eigenvalue weighted by Gasteiger charge is -2.07. The SMILES string of the molecule is O=C(CCOc1ccccc1)Nc1cnn(CC(=O)Nc2ccc(OC(F)F)cc2)c1. The van der Waals surface area contributed by atoms with Crippen molar-refractivity contribution in [2.75, 3.05) is 17.2 Å². The van der Waals surface area contributed by atoms with Crippen LogP contribution in [0.15, 0.2) is 67.0 Å². The summed E-state index contributed by atoms with van der Waals surface area (Å²) >= 11 is 0. The van der Waals surface area contributed by atoms with Crippen LogP contribution < -0.4 is 20.1 Å². The van der Waals surface area contributed by atoms with Crippen molar-refractivity contribution in [1.82, 2.24) is 9.78 Å². The first-order valence-electron chi connectivity index (χ1n) is 9.33. The molecule has 2 aromatic carbocycles. The summed E-state index contributed by atoms with van der Waals surface area (Å²) in [7, 11) is 0. The normalized spacial score (nSPS) is 10.5. The van der Waals surface area contributed by atoms with E-state index in [0.717, 1.165) is 0 Å². The van der Waals surface area contributed by atoms with Gasteiger partial charge in [-0.25, -0.2) is 0 Å². The number of hydrogen-bond acceptors (Lipinski definition) is 5. The van der Waals surface area contributed by atoms with Crippen LogP contribution in [0.2, 0.25) is 0 Å². The monoisotopic (exact) mass is 430 g/mol. The highest BCUT2D eigenvalue weighted by molar-refractivity contribution is 5.91. The second-order valence-electron chi connectivity index (χ2n) is 6.34. The van der Waals surface area contributed by atoms with Gasteiger partial charge in [-0.15, -0.1) is 0 Å². The number of anilines is 2. The summed E-state index contributed by atoms with van der Waals surface area (Å²) in [5, 5.41) is 9.33. The molecule has 8 nitrogen and oxygen atoms in total. The quantitative estimate of drug-likeness (QED) is 0.513. The number of hydrogen-bond donors (Lipinski definition) is 2. The molecule has 3 rings (SSSR count). The zero-order valence-corrected chi connectivity index (χ0v) is 16.3. The highest BCUT2D eigenvalue weighted by Gasteiger charge is 2.09. The number of carbonyl (C=O) groups excluding carboxylic acids is 2. The lowest BCUT2D eigenvalue weighted by Crippen LogP contribution is -2.19. The summed E-state index contributed by atoms with van der Waals surface area (Å²) in [6.45, 7) is -2.78. The van der Waals surface area contributed by atoms with Crippen LogP contribution >= 0.6 is 0 Å². The minimum Gasteiger partial charge on any atom is -0.493 e. The maximum absolute atomic E-state index is 12.2. The fraction of sp³-hybridized carbons (Fsp3) is 0.190. The molecule has 1 heterocycles. The number of ether oxygens (including phenoxy) is 2. The van der Waals surface area contributed by atoms with Gasteiger partial charge in [-0.05, 0) is 36.4 Å². The number of aromatic nitrogens is 2. The Morgan fingerprint density at radius 3 is 2.35 bits per heavy atom. The Morgan fingerprint density at radius 1 is 0.935 bits per heavy atom. The van der Waals surface area contributed by atoms with E-state index in [4.69, 9.17) is 4.74 Å². The van der Waals surface area contributed by atoms with Crippen LogP contribution in [0, 0.1) is 0 Å². The molecule has 0 fully saturated rings. The van der Waals surface area contributed by atoms with E-state index in [2.05, 4.69) is 20.5 Å². The third-order valence-electron chi connectivity index (χ3n) is 3.93. The van der Waals surface area contributed by atoms with Crippen LogP contribution in [-0.2, 0) is 16.1 Å². The van der Waals surface area contributed by atoms with Crippen LogP contribution in [-0.4, -0.2) is 34.8 Å². The number of rotatable bonds is 10. The Labute approximate surface area is 176 Å². The van der Waals surface area contributed by atoms with E-state index in [0.29, 0.717) is 17.1 Å². The average molecular weight is 430 g/mol. The van der Waals surface area contributed by atoms with Gasteiger partial charge in [-0.3, -0.25) is 14.3 Å². The number of para-hydroxylation sites is 1. The molecule has 162 valence electrons. The van der Waals surface area contributed by atoms with Crippen molar-refractivity contribution in [2.45, 2.75) is 19.6 Å². The van der Waals surface area contributed by atoms with E-state index < -0.39 is 6.61 Å². The summed E-state index contributed by atoms with van der Waals surface area (Å²) in [4.78, 5) is 24.1. The first kappa shape index (κ1) is 21.8. The zero-order valence-electron chi connectivity index (χ0n) is 16.3. The summed E-state index contributed by atoms with van der Waals surface area (Å²) in [5.41, 5.74) is 0.872. The number of halogens is 2. The highest BCUT2D eigenvalue weighted by atomic mass is 19.3. The van der Waals surface area contributed by atoms with Crippen LogP contribution in [0.5, 0.6) is 11.5 Å². The molecule has 0 saturated carbocycles. The Hall–Kier alpha value is -3.95. The molecule has 0 bridgehead atoms. The number of amides is 2. The molecular formula is C21H20F2N4O4. The molecular weight excluding hydrogens is 410 g/mol. The Balaban J connectivity index is 1.41. The van der Waals surface area contributed by atoms with Crippen molar-refractivity contribution < 1.29 is 27.8 Å². The molecule has 0 atom stereocenters. The third-order valence-corrected chi connectivity index (χ3v) is 3.93. The highest BCUT2D eigenvalue weighted by Crippen LogP contribution is 2.17. The molecule has 2 N–H and O–H groups in total. The molecule has 0 saturated heterocycles. The Bertz CT molecular complexity index is 994. The first-order valence-corrected chi connectivity index (χ1v) is 9.33. The molecule has 0 spiro atoms. The number of nitrogens with one attached hydrogen (secondary N) is 2. The van der Waals surface area contributed by atoms with Crippen molar-refractivity contribution in [3.8, 4) is 11.5 Å². The number of carbonyl (C=O) groups is 2. The van der Waals surface area contributed by atoms with Crippen LogP contribution in [0.3, 0.4) is 0 Å². The van der Waals surface area contributed by atoms with Crippen LogP contribution in [0.25, 0.3) is 0 Å². The van der Waals surface area contributed by atoms with Crippen molar-refractivity contribution in [2.24, 2.45) is 0 Å². The predicted molar refractivity (Wildman–Crippen MR) is 109 cm³/mol. The van der Waals surface area contributed by atoms with Crippen LogP contribution in [0.4, 0.5) is 20.2 Å². The summed E-state index contributed by atoms with van der Waals surface area (Å²) in [6, 6.07) is 14.7. The molecule has 0 aliphatic heterocycles. The van der Waals surface area contributed by atoms with E-state index in [1.165, 1.54) is 41.3 Å². The van der Waals surface area contributed by atoms with E-state index in [9.17, 15) is 18.4 Å². The smallest absolute Gasteiger partial charge is 0.387 e. The number of nitrogens with zero attached hydrogens (tertiary/aromatic N) is 2. The van der Waals surface area contributed by atoms with Gasteiger partial charge in [-0.2, -0.15) is 13.9 Å². The third kappa shape index (κ3) is 7.42. The van der Waals surface area contributed by atoms with E-state index in [-0.39, 0.29) is 37.1 Å². The summed E-state index contributed by atoms with van der Waals surface area (Å²) in [6.07, 6.45) is 3.11. The van der Waals surface area contributed by atoms with Gasteiger partial charge >= 0.3 is 6.61 Å². The maximum Gasteiger partial charge on any atom is 0.387 e. The van der Waals surface area contributed by atoms with Crippen molar-refractivity contribution >= 4 is 23.2 Å². The van der Waals surface area contributed by atoms with Gasteiger partial charge in [0.25, 0.3) is 0 Å². The second kappa shape index (κ2) is 10.7. The molecule has 3 aromatic rings. The van der Waals surface area contributed by atoms with Crippen molar-refractivity contribution in [1.29, 1.82) is 0 Å². The van der Waals surface area contributed by atoms with Gasteiger partial charge in [0, 0.05) is 11.9 Å². The maximum atomic E-state index is 12.2. The van der Waals surface area contributed by atoms with Gasteiger partial charge < -0.3 is 20.1 Å². The largest absolute Gasteiger partial charge is 0.493 e. The molecule has 10 heteroatoms. The molecule has 0 aliphatic carbocycles. The lowest BCUT2D eigenvalue weighted by molar-refractivity contribution is -0.117. The number of benzene rings is 2. The summed E-state index contributed by atoms with van der Waals surface area (Å²) < 4.78 is 35.4. The van der Waals surface area contributed by atoms with Crippen LogP contribution in [0.1, 0.15) is 6.42 Å². The van der Waals surface area contributed by atoms with Gasteiger partial charge in [0.15, 0.2) is 0 Å². The minimum absolute atomic E-state index is 0.00497. The van der Waals surface area contributed by atoms with Gasteiger partial charge in [0.05, 0.1) is 24.9 Å². The topological polar surface area (TPSA) is 94.5 Å². The molecule has 2 amide bonds. The van der Waals surface area contributed by atoms with Crippen molar-refractivity contribution in [3.63, 3.8) is 0 Å². The number of alkyl halides is 2. The van der Waals surface area contributed by atoms with E-state index >= 15 is 0 Å². The minimum atomic E-state index is -2.91. The van der Waals surface area contributed by atoms with Gasteiger partial charge in [0.2, 0.25) is 11.8 Å². The average Bonchev–Trinajstić information content (AvgIpc) is 3.16.